The van der Waals surface area contributed by atoms with Gasteiger partial charge >= 0.3 is 0 Å². The highest BCUT2D eigenvalue weighted by Crippen LogP contribution is 2.31. The van der Waals surface area contributed by atoms with Crippen molar-refractivity contribution in [3.05, 3.63) is 64.1 Å². The molecule has 2 aromatic heterocycles. The van der Waals surface area contributed by atoms with Gasteiger partial charge in [-0.3, -0.25) is 9.59 Å². The highest BCUT2D eigenvalue weighted by Gasteiger charge is 2.29. The fourth-order valence-electron chi connectivity index (χ4n) is 3.15. The van der Waals surface area contributed by atoms with E-state index in [4.69, 9.17) is 0 Å². The second kappa shape index (κ2) is 7.04. The van der Waals surface area contributed by atoms with Gasteiger partial charge in [0, 0.05) is 28.7 Å². The second-order valence-corrected chi connectivity index (χ2v) is 7.80. The van der Waals surface area contributed by atoms with Crippen LogP contribution in [0.2, 0.25) is 0 Å². The van der Waals surface area contributed by atoms with Crippen LogP contribution in [0.5, 0.6) is 0 Å². The Hall–Kier alpha value is -2.86. The molecule has 0 unspecified atom stereocenters. The van der Waals surface area contributed by atoms with Gasteiger partial charge in [-0.25, -0.2) is 0 Å². The smallest absolute Gasteiger partial charge is 0.267 e. The van der Waals surface area contributed by atoms with E-state index in [0.29, 0.717) is 16.3 Å². The number of aryl methyl sites for hydroxylation is 2. The van der Waals surface area contributed by atoms with Gasteiger partial charge in [0.05, 0.1) is 5.69 Å². The molecule has 6 heteroatoms. The van der Waals surface area contributed by atoms with Gasteiger partial charge in [-0.2, -0.15) is 0 Å². The minimum absolute atomic E-state index is 0.0533. The summed E-state index contributed by atoms with van der Waals surface area (Å²) in [7, 11) is 0. The molecule has 0 radical (unpaired) electrons. The van der Waals surface area contributed by atoms with Gasteiger partial charge in [-0.15, -0.1) is 11.3 Å². The molecule has 0 spiro atoms. The predicted molar refractivity (Wildman–Crippen MR) is 109 cm³/mol. The minimum Gasteiger partial charge on any atom is -0.326 e. The van der Waals surface area contributed by atoms with Crippen LogP contribution in [0.15, 0.2) is 47.8 Å². The quantitative estimate of drug-likeness (QED) is 0.671. The van der Waals surface area contributed by atoms with E-state index in [1.165, 1.54) is 11.3 Å². The fraction of sp³-hybridized carbons (Fsp3) is 0.238. The van der Waals surface area contributed by atoms with Crippen LogP contribution in [-0.2, 0) is 4.79 Å². The number of rotatable bonds is 5. The third-order valence-corrected chi connectivity index (χ3v) is 5.60. The van der Waals surface area contributed by atoms with E-state index >= 15 is 0 Å². The molecule has 27 heavy (non-hydrogen) atoms. The lowest BCUT2D eigenvalue weighted by Gasteiger charge is -2.12. The first-order chi connectivity index (χ1) is 13.0. The molecule has 0 aliphatic heterocycles. The first-order valence-corrected chi connectivity index (χ1v) is 9.86. The Morgan fingerprint density at radius 1 is 1.00 bits per heavy atom. The number of benzene rings is 1. The molecule has 1 aliphatic carbocycles. The van der Waals surface area contributed by atoms with Gasteiger partial charge < -0.3 is 15.2 Å². The van der Waals surface area contributed by atoms with Crippen LogP contribution in [-0.4, -0.2) is 16.4 Å². The average Bonchev–Trinajstić information content (AvgIpc) is 3.30. The number of carbonyl (C=O) groups is 2. The topological polar surface area (TPSA) is 63.1 Å². The maximum absolute atomic E-state index is 12.9. The summed E-state index contributed by atoms with van der Waals surface area (Å²) in [5, 5.41) is 7.79. The van der Waals surface area contributed by atoms with E-state index in [-0.39, 0.29) is 17.7 Å². The lowest BCUT2D eigenvalue weighted by atomic mass is 10.2. The summed E-state index contributed by atoms with van der Waals surface area (Å²) in [6.45, 7) is 4.05. The summed E-state index contributed by atoms with van der Waals surface area (Å²) in [5.74, 6) is 0.0423. The van der Waals surface area contributed by atoms with Gasteiger partial charge in [-0.1, -0.05) is 6.07 Å². The van der Waals surface area contributed by atoms with Crippen molar-refractivity contribution in [2.24, 2.45) is 5.92 Å². The molecule has 2 N–H and O–H groups in total. The fourth-order valence-corrected chi connectivity index (χ4v) is 3.92. The molecule has 0 bridgehead atoms. The average molecular weight is 379 g/mol. The number of nitrogens with zero attached hydrogens (tertiary/aromatic N) is 1. The van der Waals surface area contributed by atoms with Crippen molar-refractivity contribution in [2.75, 3.05) is 10.6 Å². The highest BCUT2D eigenvalue weighted by molar-refractivity contribution is 7.12. The zero-order chi connectivity index (χ0) is 19.0. The van der Waals surface area contributed by atoms with Crippen LogP contribution < -0.4 is 10.6 Å². The van der Waals surface area contributed by atoms with E-state index in [9.17, 15) is 9.59 Å². The van der Waals surface area contributed by atoms with Crippen molar-refractivity contribution >= 4 is 34.5 Å². The maximum atomic E-state index is 12.9. The standard InChI is InChI=1S/C21H21N3O2S/c1-13-6-7-14(2)24(13)18-10-11-27-19(18)21(26)23-17-5-3-4-16(12-17)22-20(25)15-8-9-15/h3-7,10-12,15H,8-9H2,1-2H3,(H,22,25)(H,23,26). The number of anilines is 2. The van der Waals surface area contributed by atoms with Crippen LogP contribution in [0.1, 0.15) is 33.9 Å². The summed E-state index contributed by atoms with van der Waals surface area (Å²) >= 11 is 1.42. The van der Waals surface area contributed by atoms with Crippen LogP contribution in [0.4, 0.5) is 11.4 Å². The van der Waals surface area contributed by atoms with Gasteiger partial charge in [0.15, 0.2) is 0 Å². The van der Waals surface area contributed by atoms with Crippen molar-refractivity contribution in [1.29, 1.82) is 0 Å². The van der Waals surface area contributed by atoms with E-state index in [0.717, 1.165) is 29.9 Å². The van der Waals surface area contributed by atoms with Crippen LogP contribution >= 0.6 is 11.3 Å². The number of hydrogen-bond acceptors (Lipinski definition) is 3. The summed E-state index contributed by atoms with van der Waals surface area (Å²) in [6, 6.07) is 13.3. The minimum atomic E-state index is -0.154. The van der Waals surface area contributed by atoms with Gasteiger partial charge in [0.1, 0.15) is 4.88 Å². The predicted octanol–water partition coefficient (Wildman–Crippen LogP) is 4.76. The molecule has 2 heterocycles. The molecule has 0 saturated heterocycles. The summed E-state index contributed by atoms with van der Waals surface area (Å²) in [4.78, 5) is 25.5. The highest BCUT2D eigenvalue weighted by atomic mass is 32.1. The second-order valence-electron chi connectivity index (χ2n) is 6.88. The van der Waals surface area contributed by atoms with Crippen LogP contribution in [0, 0.1) is 19.8 Å². The summed E-state index contributed by atoms with van der Waals surface area (Å²) < 4.78 is 2.08. The Bertz CT molecular complexity index is 995. The molecule has 2 amide bonds. The molecular formula is C21H21N3O2S. The first-order valence-electron chi connectivity index (χ1n) is 8.98. The maximum Gasteiger partial charge on any atom is 0.267 e. The SMILES string of the molecule is Cc1ccc(C)n1-c1ccsc1C(=O)Nc1cccc(NC(=O)C2CC2)c1. The van der Waals surface area contributed by atoms with Crippen molar-refractivity contribution in [3.8, 4) is 5.69 Å². The third-order valence-electron chi connectivity index (χ3n) is 4.70. The van der Waals surface area contributed by atoms with Crippen molar-refractivity contribution in [3.63, 3.8) is 0 Å². The normalized spacial score (nSPS) is 13.4. The lowest BCUT2D eigenvalue weighted by molar-refractivity contribution is -0.117. The van der Waals surface area contributed by atoms with E-state index < -0.39 is 0 Å². The Morgan fingerprint density at radius 3 is 2.33 bits per heavy atom. The van der Waals surface area contributed by atoms with Gasteiger partial charge in [0.25, 0.3) is 5.91 Å². The molecular weight excluding hydrogens is 358 g/mol. The Kier molecular flexibility index (Phi) is 4.58. The third kappa shape index (κ3) is 3.66. The number of nitrogens with one attached hydrogen (secondary N) is 2. The molecule has 3 aromatic rings. The lowest BCUT2D eigenvalue weighted by Crippen LogP contribution is -2.15. The molecule has 1 aromatic carbocycles. The number of thiophene rings is 1. The molecule has 0 atom stereocenters. The molecule has 138 valence electrons. The van der Waals surface area contributed by atoms with Crippen LogP contribution in [0.3, 0.4) is 0 Å². The zero-order valence-electron chi connectivity index (χ0n) is 15.3. The van der Waals surface area contributed by atoms with Crippen molar-refractivity contribution in [1.82, 2.24) is 4.57 Å². The summed E-state index contributed by atoms with van der Waals surface area (Å²) in [5.41, 5.74) is 4.42. The number of amides is 2. The molecule has 4 rings (SSSR count). The van der Waals surface area contributed by atoms with E-state index in [2.05, 4.69) is 15.2 Å². The first kappa shape index (κ1) is 17.5. The molecule has 1 saturated carbocycles. The van der Waals surface area contributed by atoms with Gasteiger partial charge in [-0.05, 0) is 68.5 Å². The largest absolute Gasteiger partial charge is 0.326 e. The zero-order valence-corrected chi connectivity index (χ0v) is 16.1. The van der Waals surface area contributed by atoms with E-state index in [1.54, 1.807) is 6.07 Å². The Labute approximate surface area is 162 Å². The monoisotopic (exact) mass is 379 g/mol. The summed E-state index contributed by atoms with van der Waals surface area (Å²) in [6.07, 6.45) is 1.92. The Balaban J connectivity index is 1.54. The number of carbonyl (C=O) groups excluding carboxylic acids is 2. The Morgan fingerprint density at radius 2 is 1.67 bits per heavy atom. The number of hydrogen-bond donors (Lipinski definition) is 2. The molecule has 1 fully saturated rings. The number of aromatic nitrogens is 1. The van der Waals surface area contributed by atoms with Crippen molar-refractivity contribution < 1.29 is 9.59 Å². The molecule has 5 nitrogen and oxygen atoms in total. The van der Waals surface area contributed by atoms with E-state index in [1.807, 2.05) is 55.6 Å². The van der Waals surface area contributed by atoms with Gasteiger partial charge in [0.2, 0.25) is 5.91 Å². The van der Waals surface area contributed by atoms with Crippen LogP contribution in [0.25, 0.3) is 5.69 Å². The molecule has 1 aliphatic rings. The van der Waals surface area contributed by atoms with Crippen molar-refractivity contribution in [2.45, 2.75) is 26.7 Å².